The maximum Gasteiger partial charge on any atom is 0.0754 e. The number of hydrogen-bond acceptors (Lipinski definition) is 3. The standard InChI is InChI=1S/C62H47N3/c1-41(32-33-43-18-6-4-7-19-43)38-56(63-3)50-25-17-27-54-60(50)51-40-44(45-36-37-64(46-20-8-5-9-21-46)57-29-13-10-22-47(57)42(2)39-45)34-35-52(51)62(54)53-26-12-15-31-59(53)65-58-30-14-11-23-48(58)49-24-16-28-55(62)61(49)65/h4-29,31-40,58H,2,30H2,1,3H3/b33-32+,37-36-,41-38-,45-39+,63-56?. The highest BCUT2D eigenvalue weighted by Crippen LogP contribution is 2.66. The number of hydrogen-bond donors (Lipinski definition) is 0. The van der Waals surface area contributed by atoms with Crippen molar-refractivity contribution in [3.05, 3.63) is 275 Å². The lowest BCUT2D eigenvalue weighted by atomic mass is 9.64. The molecule has 7 aromatic carbocycles. The minimum atomic E-state index is -0.582. The monoisotopic (exact) mass is 833 g/mol. The molecule has 0 radical (unpaired) electrons. The van der Waals surface area contributed by atoms with Crippen molar-refractivity contribution in [2.45, 2.75) is 24.8 Å². The van der Waals surface area contributed by atoms with Crippen LogP contribution in [0.3, 0.4) is 0 Å². The molecule has 7 aromatic rings. The van der Waals surface area contributed by atoms with E-state index in [1.807, 2.05) is 7.05 Å². The number of aliphatic imine (C=N–C) groups is 1. The summed E-state index contributed by atoms with van der Waals surface area (Å²) in [5, 5.41) is 0. The van der Waals surface area contributed by atoms with Crippen molar-refractivity contribution in [1.29, 1.82) is 0 Å². The van der Waals surface area contributed by atoms with Gasteiger partial charge in [-0.05, 0) is 129 Å². The fourth-order valence-electron chi connectivity index (χ4n) is 11.2. The van der Waals surface area contributed by atoms with Gasteiger partial charge in [0.15, 0.2) is 0 Å². The summed E-state index contributed by atoms with van der Waals surface area (Å²) in [7, 11) is 1.93. The van der Waals surface area contributed by atoms with Crippen LogP contribution in [0.2, 0.25) is 0 Å². The molecule has 2 unspecified atom stereocenters. The van der Waals surface area contributed by atoms with Crippen molar-refractivity contribution >= 4 is 51.3 Å². The van der Waals surface area contributed by atoms with Crippen molar-refractivity contribution < 1.29 is 0 Å². The first-order chi connectivity index (χ1) is 32.0. The molecule has 0 N–H and O–H groups in total. The Labute approximate surface area is 382 Å². The molecule has 2 atom stereocenters. The van der Waals surface area contributed by atoms with Gasteiger partial charge in [0.25, 0.3) is 0 Å². The molecule has 3 nitrogen and oxygen atoms in total. The van der Waals surface area contributed by atoms with Crippen LogP contribution >= 0.6 is 0 Å². The molecule has 0 bridgehead atoms. The lowest BCUT2D eigenvalue weighted by molar-refractivity contribution is 0.720. The summed E-state index contributed by atoms with van der Waals surface area (Å²) in [6.45, 7) is 6.84. The van der Waals surface area contributed by atoms with Crippen LogP contribution in [0.4, 0.5) is 22.7 Å². The van der Waals surface area contributed by atoms with Gasteiger partial charge in [-0.3, -0.25) is 4.99 Å². The van der Waals surface area contributed by atoms with E-state index in [1.54, 1.807) is 0 Å². The van der Waals surface area contributed by atoms with Crippen molar-refractivity contribution in [3.8, 4) is 11.1 Å². The smallest absolute Gasteiger partial charge is 0.0754 e. The summed E-state index contributed by atoms with van der Waals surface area (Å²) >= 11 is 0. The van der Waals surface area contributed by atoms with Gasteiger partial charge in [-0.25, -0.2) is 0 Å². The summed E-state index contributed by atoms with van der Waals surface area (Å²) in [5.74, 6) is 0. The molecule has 0 saturated carbocycles. The minimum absolute atomic E-state index is 0.256. The largest absolute Gasteiger partial charge is 0.332 e. The van der Waals surface area contributed by atoms with Crippen molar-refractivity contribution in [3.63, 3.8) is 0 Å². The van der Waals surface area contributed by atoms with Crippen LogP contribution in [0.25, 0.3) is 33.9 Å². The Balaban J connectivity index is 1.10. The number of rotatable bonds is 6. The van der Waals surface area contributed by atoms with Crippen molar-refractivity contribution in [2.75, 3.05) is 16.8 Å². The summed E-state index contributed by atoms with van der Waals surface area (Å²) in [5.41, 5.74) is 23.3. The van der Waals surface area contributed by atoms with E-state index in [1.165, 1.54) is 61.5 Å². The summed E-state index contributed by atoms with van der Waals surface area (Å²) in [6.07, 6.45) is 21.2. The highest BCUT2D eigenvalue weighted by Gasteiger charge is 2.55. The number of allylic oxidation sites excluding steroid dienone is 9. The maximum absolute atomic E-state index is 5.06. The molecule has 5 aliphatic rings. The SMILES string of the molecule is C=C1/C=C(c2ccc3c(c2)-c2c(C(/C=C(C)\C=C\c4ccccc4)=NC)cccc2C32c3ccccc3N3c4c(cccc42)C2=CC=CCC23)\C=C/N(c2ccccc2)c2ccccc21. The summed E-state index contributed by atoms with van der Waals surface area (Å²) in [4.78, 5) is 9.98. The second-order valence-corrected chi connectivity index (χ2v) is 17.5. The molecule has 3 heteroatoms. The molecule has 0 aromatic heterocycles. The van der Waals surface area contributed by atoms with E-state index in [0.717, 1.165) is 56.9 Å². The average Bonchev–Trinajstić information content (AvgIpc) is 3.85. The highest BCUT2D eigenvalue weighted by atomic mass is 15.2. The van der Waals surface area contributed by atoms with E-state index < -0.39 is 5.41 Å². The second kappa shape index (κ2) is 15.4. The Bertz CT molecular complexity index is 3340. The van der Waals surface area contributed by atoms with Crippen LogP contribution in [0, 0.1) is 0 Å². The third kappa shape index (κ3) is 5.92. The minimum Gasteiger partial charge on any atom is -0.332 e. The molecule has 65 heavy (non-hydrogen) atoms. The van der Waals surface area contributed by atoms with E-state index >= 15 is 0 Å². The van der Waals surface area contributed by atoms with Crippen LogP contribution in [0.15, 0.2) is 230 Å². The van der Waals surface area contributed by atoms with Crippen LogP contribution in [0.5, 0.6) is 0 Å². The lowest BCUT2D eigenvalue weighted by Crippen LogP contribution is -2.39. The van der Waals surface area contributed by atoms with E-state index in [9.17, 15) is 0 Å². The van der Waals surface area contributed by atoms with Crippen molar-refractivity contribution in [2.24, 2.45) is 4.99 Å². The Morgan fingerprint density at radius 1 is 0.708 bits per heavy atom. The molecule has 3 aliphatic heterocycles. The molecule has 12 rings (SSSR count). The van der Waals surface area contributed by atoms with Crippen LogP contribution < -0.4 is 9.80 Å². The Morgan fingerprint density at radius 3 is 2.28 bits per heavy atom. The molecule has 0 fully saturated rings. The van der Waals surface area contributed by atoms with Gasteiger partial charge in [-0.2, -0.15) is 0 Å². The normalized spacial score (nSPS) is 20.2. The Morgan fingerprint density at radius 2 is 1.43 bits per heavy atom. The van der Waals surface area contributed by atoms with Gasteiger partial charge in [-0.15, -0.1) is 0 Å². The first-order valence-electron chi connectivity index (χ1n) is 22.6. The zero-order chi connectivity index (χ0) is 43.6. The number of para-hydroxylation sites is 4. The average molecular weight is 834 g/mol. The molecule has 0 amide bonds. The highest BCUT2D eigenvalue weighted by molar-refractivity contribution is 6.16. The van der Waals surface area contributed by atoms with E-state index in [2.05, 4.69) is 242 Å². The second-order valence-electron chi connectivity index (χ2n) is 17.5. The van der Waals surface area contributed by atoms with Gasteiger partial charge in [0.1, 0.15) is 0 Å². The molecule has 1 spiro atoms. The molecular formula is C62H47N3. The van der Waals surface area contributed by atoms with Gasteiger partial charge in [0.05, 0.1) is 28.5 Å². The number of anilines is 4. The number of fused-ring (bicyclic) bond motifs is 13. The van der Waals surface area contributed by atoms with Crippen molar-refractivity contribution in [1.82, 2.24) is 0 Å². The fourth-order valence-corrected chi connectivity index (χ4v) is 11.2. The zero-order valence-electron chi connectivity index (χ0n) is 36.6. The lowest BCUT2D eigenvalue weighted by Gasteiger charge is -2.45. The van der Waals surface area contributed by atoms with Crippen LogP contribution in [0.1, 0.15) is 63.4 Å². The Hall–Kier alpha value is -8.01. The number of nitrogens with zero attached hydrogens (tertiary/aromatic N) is 3. The van der Waals surface area contributed by atoms with Crippen LogP contribution in [-0.4, -0.2) is 18.8 Å². The maximum atomic E-state index is 5.06. The molecule has 3 heterocycles. The molecule has 2 aliphatic carbocycles. The van der Waals surface area contributed by atoms with E-state index in [-0.39, 0.29) is 6.04 Å². The van der Waals surface area contributed by atoms with Gasteiger partial charge in [0.2, 0.25) is 0 Å². The third-order valence-electron chi connectivity index (χ3n) is 14.0. The summed E-state index contributed by atoms with van der Waals surface area (Å²) < 4.78 is 0. The van der Waals surface area contributed by atoms with Gasteiger partial charge in [-0.1, -0.05) is 170 Å². The molecule has 310 valence electrons. The topological polar surface area (TPSA) is 18.8 Å². The van der Waals surface area contributed by atoms with Gasteiger partial charge in [0, 0.05) is 41.3 Å². The third-order valence-corrected chi connectivity index (χ3v) is 14.0. The first kappa shape index (κ1) is 38.6. The first-order valence-corrected chi connectivity index (χ1v) is 22.6. The van der Waals surface area contributed by atoms with E-state index in [0.29, 0.717) is 0 Å². The summed E-state index contributed by atoms with van der Waals surface area (Å²) in [6, 6.07) is 60.2. The number of benzene rings is 7. The predicted molar refractivity (Wildman–Crippen MR) is 274 cm³/mol. The van der Waals surface area contributed by atoms with Gasteiger partial charge < -0.3 is 9.80 Å². The predicted octanol–water partition coefficient (Wildman–Crippen LogP) is 15.1. The zero-order valence-corrected chi connectivity index (χ0v) is 36.6. The van der Waals surface area contributed by atoms with Crippen LogP contribution in [-0.2, 0) is 5.41 Å². The quantitative estimate of drug-likeness (QED) is 0.123. The molecule has 0 saturated heterocycles. The molecular weight excluding hydrogens is 787 g/mol. The van der Waals surface area contributed by atoms with Gasteiger partial charge >= 0.3 is 0 Å². The Kier molecular flexibility index (Phi) is 9.13. The van der Waals surface area contributed by atoms with E-state index in [4.69, 9.17) is 4.99 Å². The fraction of sp³-hybridized carbons (Fsp3) is 0.0806.